The molecule has 7 heteroatoms. The van der Waals surface area contributed by atoms with Gasteiger partial charge in [0.1, 0.15) is 17.7 Å². The number of anilines is 1. The van der Waals surface area contributed by atoms with Crippen LogP contribution >= 0.6 is 11.8 Å². The van der Waals surface area contributed by atoms with Crippen LogP contribution in [0, 0.1) is 11.3 Å². The van der Waals surface area contributed by atoms with Gasteiger partial charge in [0.05, 0.1) is 0 Å². The Balaban J connectivity index is 2.09. The monoisotopic (exact) mass is 369 g/mol. The maximum Gasteiger partial charge on any atom is 0.326 e. The molecule has 0 radical (unpaired) electrons. The van der Waals surface area contributed by atoms with Crippen LogP contribution in [0.4, 0.5) is 5.69 Å². The van der Waals surface area contributed by atoms with Crippen LogP contribution in [0.5, 0.6) is 0 Å². The van der Waals surface area contributed by atoms with Crippen molar-refractivity contribution >= 4 is 40.1 Å². The first-order chi connectivity index (χ1) is 12.5. The summed E-state index contributed by atoms with van der Waals surface area (Å²) < 4.78 is 0. The number of nitriles is 1. The van der Waals surface area contributed by atoms with Crippen molar-refractivity contribution in [2.45, 2.75) is 12.5 Å². The number of rotatable bonds is 8. The maximum absolute atomic E-state index is 12.2. The number of carbonyl (C=O) groups is 2. The molecule has 0 aromatic heterocycles. The Hall–Kier alpha value is -2.98. The molecule has 1 atom stereocenters. The smallest absolute Gasteiger partial charge is 0.326 e. The summed E-state index contributed by atoms with van der Waals surface area (Å²) in [7, 11) is 0. The van der Waals surface area contributed by atoms with Crippen LogP contribution < -0.4 is 10.6 Å². The highest BCUT2D eigenvalue weighted by molar-refractivity contribution is 7.98. The van der Waals surface area contributed by atoms with Crippen LogP contribution in [-0.4, -0.2) is 35.0 Å². The number of hydrogen-bond donors (Lipinski definition) is 3. The summed E-state index contributed by atoms with van der Waals surface area (Å²) in [5, 5.41) is 25.8. The van der Waals surface area contributed by atoms with Gasteiger partial charge >= 0.3 is 5.97 Å². The fourth-order valence-corrected chi connectivity index (χ4v) is 2.78. The third-order valence-corrected chi connectivity index (χ3v) is 4.36. The summed E-state index contributed by atoms with van der Waals surface area (Å²) in [5.41, 5.74) is 0.537. The molecule has 2 aromatic carbocycles. The van der Waals surface area contributed by atoms with Crippen molar-refractivity contribution < 1.29 is 14.7 Å². The molecule has 0 saturated heterocycles. The van der Waals surface area contributed by atoms with Gasteiger partial charge in [-0.25, -0.2) is 4.79 Å². The third-order valence-electron chi connectivity index (χ3n) is 3.71. The van der Waals surface area contributed by atoms with Crippen molar-refractivity contribution in [1.29, 1.82) is 5.26 Å². The van der Waals surface area contributed by atoms with E-state index in [1.54, 1.807) is 6.07 Å². The zero-order chi connectivity index (χ0) is 18.9. The van der Waals surface area contributed by atoms with Crippen LogP contribution in [0.2, 0.25) is 0 Å². The number of hydrogen-bond acceptors (Lipinski definition) is 5. The van der Waals surface area contributed by atoms with Gasteiger partial charge < -0.3 is 15.7 Å². The quantitative estimate of drug-likeness (QED) is 0.488. The summed E-state index contributed by atoms with van der Waals surface area (Å²) in [5.74, 6) is -1.24. The number of benzene rings is 2. The van der Waals surface area contributed by atoms with E-state index in [1.165, 1.54) is 18.0 Å². The average Bonchev–Trinajstić information content (AvgIpc) is 2.65. The lowest BCUT2D eigenvalue weighted by Gasteiger charge is -2.13. The van der Waals surface area contributed by atoms with Crippen LogP contribution in [0.1, 0.15) is 6.42 Å². The second-order valence-corrected chi connectivity index (χ2v) is 6.51. The number of carboxylic acids is 1. The van der Waals surface area contributed by atoms with E-state index < -0.39 is 17.9 Å². The SMILES string of the molecule is CSCCC(NC(=O)/C(C#N)=C\Nc1ccc2ccccc2c1)C(=O)O. The van der Waals surface area contributed by atoms with Crippen molar-refractivity contribution in [3.05, 3.63) is 54.2 Å². The highest BCUT2D eigenvalue weighted by Gasteiger charge is 2.21. The summed E-state index contributed by atoms with van der Waals surface area (Å²) in [6.45, 7) is 0. The zero-order valence-corrected chi connectivity index (χ0v) is 15.0. The molecule has 6 nitrogen and oxygen atoms in total. The Morgan fingerprint density at radius 3 is 2.65 bits per heavy atom. The molecule has 1 amide bonds. The molecule has 0 aliphatic heterocycles. The fraction of sp³-hybridized carbons (Fsp3) is 0.211. The van der Waals surface area contributed by atoms with E-state index in [0.29, 0.717) is 12.2 Å². The summed E-state index contributed by atoms with van der Waals surface area (Å²) in [6.07, 6.45) is 3.43. The molecule has 0 bridgehead atoms. The molecule has 1 unspecified atom stereocenters. The van der Waals surface area contributed by atoms with Gasteiger partial charge in [-0.1, -0.05) is 30.3 Å². The van der Waals surface area contributed by atoms with Crippen molar-refractivity contribution in [2.24, 2.45) is 0 Å². The Morgan fingerprint density at radius 2 is 2.00 bits per heavy atom. The topological polar surface area (TPSA) is 102 Å². The predicted molar refractivity (Wildman–Crippen MR) is 104 cm³/mol. The van der Waals surface area contributed by atoms with Crippen molar-refractivity contribution in [3.63, 3.8) is 0 Å². The van der Waals surface area contributed by atoms with Gasteiger partial charge in [0.25, 0.3) is 5.91 Å². The lowest BCUT2D eigenvalue weighted by atomic mass is 10.1. The number of aliphatic carboxylic acids is 1. The lowest BCUT2D eigenvalue weighted by molar-refractivity contribution is -0.141. The van der Waals surface area contributed by atoms with Crippen LogP contribution in [0.25, 0.3) is 10.8 Å². The number of carboxylic acid groups (broad SMARTS) is 1. The van der Waals surface area contributed by atoms with Crippen molar-refractivity contribution in [3.8, 4) is 6.07 Å². The first-order valence-electron chi connectivity index (χ1n) is 7.93. The van der Waals surface area contributed by atoms with E-state index in [0.717, 1.165) is 16.5 Å². The number of thioether (sulfide) groups is 1. The number of fused-ring (bicyclic) bond motifs is 1. The highest BCUT2D eigenvalue weighted by Crippen LogP contribution is 2.19. The van der Waals surface area contributed by atoms with Gasteiger partial charge in [-0.15, -0.1) is 0 Å². The van der Waals surface area contributed by atoms with Crippen molar-refractivity contribution in [2.75, 3.05) is 17.3 Å². The molecule has 0 spiro atoms. The first kappa shape index (κ1) is 19.3. The lowest BCUT2D eigenvalue weighted by Crippen LogP contribution is -2.41. The molecule has 2 aromatic rings. The first-order valence-corrected chi connectivity index (χ1v) is 9.32. The Labute approximate surface area is 155 Å². The summed E-state index contributed by atoms with van der Waals surface area (Å²) in [6, 6.07) is 14.3. The molecule has 0 saturated carbocycles. The molecule has 2 rings (SSSR count). The molecule has 134 valence electrons. The molecule has 0 heterocycles. The molecule has 3 N–H and O–H groups in total. The standard InChI is InChI=1S/C19H19N3O3S/c1-26-9-8-17(19(24)25)22-18(23)15(11-20)12-21-16-7-6-13-4-2-3-5-14(13)10-16/h2-7,10,12,17,21H,8-9H2,1H3,(H,22,23)(H,24,25)/b15-12-. The van der Waals surface area contributed by atoms with Crippen LogP contribution in [-0.2, 0) is 9.59 Å². The highest BCUT2D eigenvalue weighted by atomic mass is 32.2. The van der Waals surface area contributed by atoms with E-state index >= 15 is 0 Å². The van der Waals surface area contributed by atoms with Crippen LogP contribution in [0.15, 0.2) is 54.2 Å². The largest absolute Gasteiger partial charge is 0.480 e. The van der Waals surface area contributed by atoms with Crippen molar-refractivity contribution in [1.82, 2.24) is 5.32 Å². The Bertz CT molecular complexity index is 874. The summed E-state index contributed by atoms with van der Waals surface area (Å²) in [4.78, 5) is 23.4. The van der Waals surface area contributed by atoms with Gasteiger partial charge in [0.2, 0.25) is 0 Å². The van der Waals surface area contributed by atoms with E-state index in [4.69, 9.17) is 5.11 Å². The molecule has 0 aliphatic carbocycles. The molecule has 0 aliphatic rings. The van der Waals surface area contributed by atoms with E-state index in [2.05, 4.69) is 10.6 Å². The van der Waals surface area contributed by atoms with Gasteiger partial charge in [-0.3, -0.25) is 4.79 Å². The maximum atomic E-state index is 12.2. The molecular weight excluding hydrogens is 350 g/mol. The number of nitrogens with zero attached hydrogens (tertiary/aromatic N) is 1. The number of nitrogens with one attached hydrogen (secondary N) is 2. The second-order valence-electron chi connectivity index (χ2n) is 5.52. The normalized spacial score (nSPS) is 12.2. The number of carbonyl (C=O) groups excluding carboxylic acids is 1. The van der Waals surface area contributed by atoms with Gasteiger partial charge in [0.15, 0.2) is 0 Å². The van der Waals surface area contributed by atoms with Gasteiger partial charge in [0, 0.05) is 11.9 Å². The Morgan fingerprint density at radius 1 is 1.27 bits per heavy atom. The summed E-state index contributed by atoms with van der Waals surface area (Å²) >= 11 is 1.49. The Kier molecular flexibility index (Phi) is 7.06. The minimum absolute atomic E-state index is 0.187. The minimum Gasteiger partial charge on any atom is -0.480 e. The third kappa shape index (κ3) is 5.26. The van der Waals surface area contributed by atoms with E-state index in [-0.39, 0.29) is 5.57 Å². The molecule has 26 heavy (non-hydrogen) atoms. The zero-order valence-electron chi connectivity index (χ0n) is 14.2. The minimum atomic E-state index is -1.12. The fourth-order valence-electron chi connectivity index (χ4n) is 2.31. The van der Waals surface area contributed by atoms with E-state index in [9.17, 15) is 14.9 Å². The molecular formula is C19H19N3O3S. The number of amides is 1. The van der Waals surface area contributed by atoms with Gasteiger partial charge in [-0.2, -0.15) is 17.0 Å². The molecule has 0 fully saturated rings. The van der Waals surface area contributed by atoms with Crippen LogP contribution in [0.3, 0.4) is 0 Å². The predicted octanol–water partition coefficient (Wildman–Crippen LogP) is 2.98. The van der Waals surface area contributed by atoms with E-state index in [1.807, 2.05) is 48.7 Å². The van der Waals surface area contributed by atoms with Gasteiger partial charge in [-0.05, 0) is 41.3 Å². The average molecular weight is 369 g/mol. The second kappa shape index (κ2) is 9.49.